The molecule has 0 aromatic carbocycles. The van der Waals surface area contributed by atoms with Gasteiger partial charge < -0.3 is 5.11 Å². The lowest BCUT2D eigenvalue weighted by Crippen LogP contribution is -2.60. The van der Waals surface area contributed by atoms with Gasteiger partial charge in [-0.05, 0) is 50.0 Å². The Morgan fingerprint density at radius 2 is 1.67 bits per heavy atom. The highest BCUT2D eigenvalue weighted by molar-refractivity contribution is 4.94. The first-order valence-electron chi connectivity index (χ1n) is 9.11. The molecule has 3 fully saturated rings. The fourth-order valence-corrected chi connectivity index (χ4v) is 4.79. The van der Waals surface area contributed by atoms with E-state index < -0.39 is 0 Å². The molecule has 0 amide bonds. The lowest BCUT2D eigenvalue weighted by atomic mass is 9.69. The normalized spacial score (nSPS) is 40.0. The molecule has 2 aliphatic heterocycles. The zero-order valence-corrected chi connectivity index (χ0v) is 14.2. The molecular weight excluding hydrogens is 260 g/mol. The predicted molar refractivity (Wildman–Crippen MR) is 87.4 cm³/mol. The van der Waals surface area contributed by atoms with Crippen molar-refractivity contribution in [3.63, 3.8) is 0 Å². The molecule has 3 nitrogen and oxygen atoms in total. The third-order valence-electron chi connectivity index (χ3n) is 6.34. The number of piperidine rings is 1. The largest absolute Gasteiger partial charge is 0.391 e. The van der Waals surface area contributed by atoms with Crippen LogP contribution >= 0.6 is 0 Å². The van der Waals surface area contributed by atoms with Crippen LogP contribution in [-0.2, 0) is 0 Å². The first-order chi connectivity index (χ1) is 9.95. The van der Waals surface area contributed by atoms with Crippen LogP contribution in [0.15, 0.2) is 0 Å². The van der Waals surface area contributed by atoms with Crippen LogP contribution in [0, 0.1) is 11.3 Å². The molecule has 1 saturated carbocycles. The topological polar surface area (TPSA) is 26.7 Å². The number of fused-ring (bicyclic) bond motifs is 1. The molecule has 0 spiro atoms. The molecule has 0 aromatic rings. The number of aliphatic hydroxyl groups is 1. The van der Waals surface area contributed by atoms with E-state index in [1.165, 1.54) is 51.7 Å². The standard InChI is InChI=1S/C18H34N2O/c1-18(2,3)14-7-8-17(21)16(12-14)20-11-10-19-9-5-4-6-15(19)13-20/h14-17,21H,4-13H2,1-3H3. The Bertz CT molecular complexity index is 352. The monoisotopic (exact) mass is 294 g/mol. The molecule has 0 bridgehead atoms. The quantitative estimate of drug-likeness (QED) is 0.805. The van der Waals surface area contributed by atoms with E-state index in [0.29, 0.717) is 11.5 Å². The number of piperazine rings is 1. The molecule has 0 aromatic heterocycles. The summed E-state index contributed by atoms with van der Waals surface area (Å²) in [6, 6.07) is 1.17. The van der Waals surface area contributed by atoms with E-state index in [2.05, 4.69) is 30.6 Å². The van der Waals surface area contributed by atoms with Crippen molar-refractivity contribution < 1.29 is 5.11 Å². The zero-order chi connectivity index (χ0) is 15.0. The number of rotatable bonds is 1. The van der Waals surface area contributed by atoms with Gasteiger partial charge >= 0.3 is 0 Å². The van der Waals surface area contributed by atoms with Crippen molar-refractivity contribution in [1.82, 2.24) is 9.80 Å². The first-order valence-corrected chi connectivity index (χ1v) is 9.11. The predicted octanol–water partition coefficient (Wildman–Crippen LogP) is 2.73. The summed E-state index contributed by atoms with van der Waals surface area (Å²) in [6.07, 6.45) is 7.43. The Morgan fingerprint density at radius 3 is 2.43 bits per heavy atom. The van der Waals surface area contributed by atoms with Crippen LogP contribution < -0.4 is 0 Å². The number of hydrogen-bond acceptors (Lipinski definition) is 3. The summed E-state index contributed by atoms with van der Waals surface area (Å²) >= 11 is 0. The van der Waals surface area contributed by atoms with E-state index >= 15 is 0 Å². The van der Waals surface area contributed by atoms with Crippen molar-refractivity contribution in [3.05, 3.63) is 0 Å². The maximum atomic E-state index is 10.5. The third-order valence-corrected chi connectivity index (χ3v) is 6.34. The minimum absolute atomic E-state index is 0.0984. The molecule has 3 aliphatic rings. The van der Waals surface area contributed by atoms with Crippen molar-refractivity contribution in [2.75, 3.05) is 26.2 Å². The van der Waals surface area contributed by atoms with Crippen LogP contribution in [0.25, 0.3) is 0 Å². The smallest absolute Gasteiger partial charge is 0.0695 e. The lowest BCUT2D eigenvalue weighted by molar-refractivity contribution is -0.0514. The second-order valence-corrected chi connectivity index (χ2v) is 8.69. The van der Waals surface area contributed by atoms with Gasteiger partial charge in [-0.15, -0.1) is 0 Å². The summed E-state index contributed by atoms with van der Waals surface area (Å²) in [5.41, 5.74) is 0.380. The highest BCUT2D eigenvalue weighted by Crippen LogP contribution is 2.40. The Morgan fingerprint density at radius 1 is 0.905 bits per heavy atom. The van der Waals surface area contributed by atoms with E-state index in [4.69, 9.17) is 0 Å². The van der Waals surface area contributed by atoms with Gasteiger partial charge in [0.25, 0.3) is 0 Å². The van der Waals surface area contributed by atoms with Crippen LogP contribution in [-0.4, -0.2) is 59.3 Å². The Hall–Kier alpha value is -0.120. The maximum absolute atomic E-state index is 10.5. The van der Waals surface area contributed by atoms with Crippen molar-refractivity contribution in [2.45, 2.75) is 77.5 Å². The average Bonchev–Trinajstić information content (AvgIpc) is 2.46. The van der Waals surface area contributed by atoms with E-state index in [9.17, 15) is 5.11 Å². The maximum Gasteiger partial charge on any atom is 0.0695 e. The molecule has 4 atom stereocenters. The van der Waals surface area contributed by atoms with Crippen LogP contribution in [0.5, 0.6) is 0 Å². The Kier molecular flexibility index (Phi) is 4.63. The first kappa shape index (κ1) is 15.8. The van der Waals surface area contributed by atoms with Crippen LogP contribution in [0.3, 0.4) is 0 Å². The summed E-state index contributed by atoms with van der Waals surface area (Å²) in [4.78, 5) is 5.32. The molecule has 122 valence electrons. The number of aliphatic hydroxyl groups excluding tert-OH is 1. The molecule has 21 heavy (non-hydrogen) atoms. The number of nitrogens with zero attached hydrogens (tertiary/aromatic N) is 2. The summed E-state index contributed by atoms with van der Waals surface area (Å²) < 4.78 is 0. The van der Waals surface area contributed by atoms with E-state index in [-0.39, 0.29) is 6.10 Å². The molecular formula is C18H34N2O. The molecule has 2 heterocycles. The highest BCUT2D eigenvalue weighted by Gasteiger charge is 2.40. The SMILES string of the molecule is CC(C)(C)C1CCC(O)C(N2CCN3CCCCC3C2)C1. The molecule has 3 rings (SSSR count). The Labute approximate surface area is 130 Å². The second-order valence-electron chi connectivity index (χ2n) is 8.69. The minimum Gasteiger partial charge on any atom is -0.391 e. The minimum atomic E-state index is -0.0984. The fourth-order valence-electron chi connectivity index (χ4n) is 4.79. The number of hydrogen-bond donors (Lipinski definition) is 1. The van der Waals surface area contributed by atoms with Crippen LogP contribution in [0.4, 0.5) is 0 Å². The summed E-state index contributed by atoms with van der Waals surface area (Å²) in [5, 5.41) is 10.5. The second kappa shape index (κ2) is 6.17. The van der Waals surface area contributed by atoms with Gasteiger partial charge in [-0.25, -0.2) is 0 Å². The van der Waals surface area contributed by atoms with E-state index in [0.717, 1.165) is 24.9 Å². The van der Waals surface area contributed by atoms with Gasteiger partial charge in [-0.1, -0.05) is 27.2 Å². The summed E-state index contributed by atoms with van der Waals surface area (Å²) in [6.45, 7) is 12.0. The summed E-state index contributed by atoms with van der Waals surface area (Å²) in [5.74, 6) is 0.760. The molecule has 3 heteroatoms. The van der Waals surface area contributed by atoms with Gasteiger partial charge in [-0.2, -0.15) is 0 Å². The average molecular weight is 294 g/mol. The van der Waals surface area contributed by atoms with Crippen molar-refractivity contribution in [1.29, 1.82) is 0 Å². The zero-order valence-electron chi connectivity index (χ0n) is 14.2. The molecule has 4 unspecified atom stereocenters. The van der Waals surface area contributed by atoms with Crippen molar-refractivity contribution in [3.8, 4) is 0 Å². The van der Waals surface area contributed by atoms with Crippen molar-refractivity contribution in [2.24, 2.45) is 11.3 Å². The van der Waals surface area contributed by atoms with Crippen molar-refractivity contribution >= 4 is 0 Å². The molecule has 1 aliphatic carbocycles. The van der Waals surface area contributed by atoms with Gasteiger partial charge in [0.1, 0.15) is 0 Å². The Balaban J connectivity index is 1.64. The highest BCUT2D eigenvalue weighted by atomic mass is 16.3. The summed E-state index contributed by atoms with van der Waals surface area (Å²) in [7, 11) is 0. The molecule has 0 radical (unpaired) electrons. The van der Waals surface area contributed by atoms with Gasteiger partial charge in [-0.3, -0.25) is 9.80 Å². The van der Waals surface area contributed by atoms with E-state index in [1.807, 2.05) is 0 Å². The lowest BCUT2D eigenvalue weighted by Gasteiger charge is -2.50. The fraction of sp³-hybridized carbons (Fsp3) is 1.00. The molecule has 1 N–H and O–H groups in total. The third kappa shape index (κ3) is 3.46. The van der Waals surface area contributed by atoms with Gasteiger partial charge in [0.15, 0.2) is 0 Å². The molecule has 2 saturated heterocycles. The van der Waals surface area contributed by atoms with Gasteiger partial charge in [0, 0.05) is 31.7 Å². The van der Waals surface area contributed by atoms with Crippen LogP contribution in [0.2, 0.25) is 0 Å². The van der Waals surface area contributed by atoms with Crippen LogP contribution in [0.1, 0.15) is 59.3 Å². The van der Waals surface area contributed by atoms with Gasteiger partial charge in [0.05, 0.1) is 6.10 Å². The van der Waals surface area contributed by atoms with E-state index in [1.54, 1.807) is 0 Å². The van der Waals surface area contributed by atoms with Gasteiger partial charge in [0.2, 0.25) is 0 Å².